The number of hydrogen-bond donors (Lipinski definition) is 2. The number of amides is 4. The molecule has 0 aromatic heterocycles. The largest absolute Gasteiger partial charge is 0.508 e. The maximum atomic E-state index is 14.0. The first-order valence-corrected chi connectivity index (χ1v) is 15.9. The summed E-state index contributed by atoms with van der Waals surface area (Å²) in [4.78, 5) is 53.4. The molecular weight excluding hydrogens is 731 g/mol. The Balaban J connectivity index is 1.46. The molecule has 0 bridgehead atoms. The first kappa shape index (κ1) is 30.4. The summed E-state index contributed by atoms with van der Waals surface area (Å²) in [6.45, 7) is 0.153. The van der Waals surface area contributed by atoms with Crippen molar-refractivity contribution in [1.29, 1.82) is 0 Å². The summed E-state index contributed by atoms with van der Waals surface area (Å²) < 4.78 is 6.01. The van der Waals surface area contributed by atoms with Crippen LogP contribution in [0.2, 0.25) is 0 Å². The van der Waals surface area contributed by atoms with Crippen molar-refractivity contribution in [3.63, 3.8) is 0 Å². The van der Waals surface area contributed by atoms with Crippen molar-refractivity contribution in [2.45, 2.75) is 34.9 Å². The smallest absolute Gasteiger partial charge is 0.253 e. The molecule has 2 saturated heterocycles. The molecule has 2 aliphatic carbocycles. The van der Waals surface area contributed by atoms with Gasteiger partial charge in [0.1, 0.15) is 5.75 Å². The number of allylic oxidation sites excluding steroid dienone is 2. The number of likely N-dealkylation sites (tertiary alicyclic amines) is 2. The Kier molecular flexibility index (Phi) is 7.43. The third-order valence-corrected chi connectivity index (χ3v) is 12.9. The van der Waals surface area contributed by atoms with E-state index in [0.717, 1.165) is 10.5 Å². The van der Waals surface area contributed by atoms with E-state index in [9.17, 15) is 29.4 Å². The van der Waals surface area contributed by atoms with E-state index >= 15 is 0 Å². The fraction of sp³-hybridized carbons (Fsp3) is 0.400. The number of rotatable bonds is 5. The minimum absolute atomic E-state index is 0.0968. The lowest BCUT2D eigenvalue weighted by Gasteiger charge is -2.51. The molecule has 4 aliphatic rings. The van der Waals surface area contributed by atoms with Gasteiger partial charge in [-0.1, -0.05) is 23.8 Å². The van der Waals surface area contributed by atoms with Crippen LogP contribution in [0.5, 0.6) is 17.2 Å². The van der Waals surface area contributed by atoms with Crippen LogP contribution in [0, 0.1) is 17.8 Å². The predicted molar refractivity (Wildman–Crippen MR) is 164 cm³/mol. The van der Waals surface area contributed by atoms with Gasteiger partial charge in [-0.05, 0) is 86.4 Å². The highest BCUT2D eigenvalue weighted by Crippen LogP contribution is 2.66. The third kappa shape index (κ3) is 4.14. The van der Waals surface area contributed by atoms with E-state index in [2.05, 4.69) is 31.9 Å². The molecule has 9 nitrogen and oxygen atoms in total. The number of fused-ring (bicyclic) bond motifs is 4. The Morgan fingerprint density at radius 1 is 1.00 bits per heavy atom. The average molecular weight is 757 g/mol. The molecule has 2 aromatic carbocycles. The Labute approximate surface area is 274 Å². The molecule has 0 radical (unpaired) electrons. The van der Waals surface area contributed by atoms with Crippen LogP contribution >= 0.6 is 55.1 Å². The Morgan fingerprint density at radius 2 is 1.67 bits per heavy atom. The van der Waals surface area contributed by atoms with Gasteiger partial charge in [0, 0.05) is 24.0 Å². The summed E-state index contributed by atoms with van der Waals surface area (Å²) >= 11 is 21.4. The zero-order valence-electron chi connectivity index (χ0n) is 22.9. The van der Waals surface area contributed by atoms with Gasteiger partial charge in [0.2, 0.25) is 11.8 Å². The van der Waals surface area contributed by atoms with Crippen LogP contribution in [0.25, 0.3) is 0 Å². The molecule has 226 valence electrons. The van der Waals surface area contributed by atoms with E-state index in [4.69, 9.17) is 27.9 Å². The van der Waals surface area contributed by atoms with E-state index in [1.807, 2.05) is 6.08 Å². The van der Waals surface area contributed by atoms with Gasteiger partial charge in [-0.25, -0.2) is 0 Å². The van der Waals surface area contributed by atoms with Crippen molar-refractivity contribution < 1.29 is 34.1 Å². The number of nitrogens with zero attached hydrogens (tertiary/aromatic N) is 2. The minimum atomic E-state index is -1.97. The molecule has 2 aliphatic heterocycles. The molecule has 0 unspecified atom stereocenters. The summed E-state index contributed by atoms with van der Waals surface area (Å²) in [6.07, 6.45) is 2.37. The van der Waals surface area contributed by atoms with Crippen LogP contribution < -0.4 is 4.74 Å². The van der Waals surface area contributed by atoms with Crippen molar-refractivity contribution in [1.82, 2.24) is 9.80 Å². The lowest BCUT2D eigenvalue weighted by Crippen LogP contribution is -2.60. The van der Waals surface area contributed by atoms with E-state index in [0.29, 0.717) is 22.0 Å². The molecule has 3 fully saturated rings. The third-order valence-electron chi connectivity index (χ3n) is 9.37. The summed E-state index contributed by atoms with van der Waals surface area (Å²) in [7, 11) is 2.70. The van der Waals surface area contributed by atoms with Gasteiger partial charge < -0.3 is 14.9 Å². The highest BCUT2D eigenvalue weighted by molar-refractivity contribution is 9.13. The molecule has 2 N–H and O–H groups in total. The van der Waals surface area contributed by atoms with Gasteiger partial charge >= 0.3 is 0 Å². The number of benzene rings is 2. The fourth-order valence-corrected chi connectivity index (χ4v) is 9.22. The van der Waals surface area contributed by atoms with Crippen LogP contribution in [0.15, 0.2) is 50.9 Å². The second kappa shape index (κ2) is 10.5. The van der Waals surface area contributed by atoms with Crippen molar-refractivity contribution in [2.24, 2.45) is 17.8 Å². The standard InChI is InChI=1S/C30H26Br2Cl2N2O7/c1-35-27(41)29(33)12-18-15(21(30(29,34)28(35)42)17-11-19(43-2)24(38)23(32)22(17)31)7-8-16-20(18)26(40)36(25(16)39)10-9-13-3-5-14(37)6-4-13/h3-7,11,16,18,20-21,37-38H,8-10,12H2,1-2H3/t16-,18+,20-,21+,29+,30-/m0/s1. The molecule has 43 heavy (non-hydrogen) atoms. The molecule has 6 atom stereocenters. The zero-order chi connectivity index (χ0) is 31.2. The Morgan fingerprint density at radius 3 is 2.33 bits per heavy atom. The van der Waals surface area contributed by atoms with Crippen molar-refractivity contribution in [3.8, 4) is 17.2 Å². The molecular formula is C30H26Br2Cl2N2O7. The number of hydrogen-bond acceptors (Lipinski definition) is 7. The van der Waals surface area contributed by atoms with E-state index in [1.54, 1.807) is 24.3 Å². The van der Waals surface area contributed by atoms with Crippen LogP contribution in [-0.2, 0) is 25.6 Å². The molecule has 4 amide bonds. The molecule has 13 heteroatoms. The quantitative estimate of drug-likeness (QED) is 0.254. The summed E-state index contributed by atoms with van der Waals surface area (Å²) in [5.74, 6) is -5.13. The molecule has 0 spiro atoms. The van der Waals surface area contributed by atoms with Gasteiger partial charge in [-0.3, -0.25) is 29.0 Å². The number of halogens is 4. The molecule has 1 saturated carbocycles. The minimum Gasteiger partial charge on any atom is -0.508 e. The predicted octanol–water partition coefficient (Wildman–Crippen LogP) is 4.86. The molecule has 2 aromatic rings. The van der Waals surface area contributed by atoms with Gasteiger partial charge in [-0.15, -0.1) is 23.2 Å². The van der Waals surface area contributed by atoms with E-state index in [-0.39, 0.29) is 52.9 Å². The van der Waals surface area contributed by atoms with E-state index in [1.165, 1.54) is 25.1 Å². The molecule has 6 rings (SSSR count). The number of carbonyl (C=O) groups excluding carboxylic acids is 4. The zero-order valence-corrected chi connectivity index (χ0v) is 27.6. The summed E-state index contributed by atoms with van der Waals surface area (Å²) in [6, 6.07) is 8.10. The molecule has 2 heterocycles. The number of phenols is 2. The SMILES string of the molecule is COc1cc([C@H]2C3=CC[C@@H]4C(=O)N(CCc5ccc(O)cc5)C(=O)[C@@H]4[C@@H]3C[C@@]3(Cl)C(=O)N(C)C(=O)[C@@]23Cl)c(Br)c(Br)c1O. The summed E-state index contributed by atoms with van der Waals surface area (Å²) in [5.41, 5.74) is 1.91. The Hall–Kier alpha value is -2.60. The monoisotopic (exact) mass is 754 g/mol. The van der Waals surface area contributed by atoms with E-state index < -0.39 is 45.2 Å². The van der Waals surface area contributed by atoms with Crippen LogP contribution in [0.3, 0.4) is 0 Å². The fourth-order valence-electron chi connectivity index (χ4n) is 7.26. The van der Waals surface area contributed by atoms with Crippen LogP contribution in [0.1, 0.15) is 29.9 Å². The highest BCUT2D eigenvalue weighted by Gasteiger charge is 2.76. The van der Waals surface area contributed by atoms with Gasteiger partial charge in [0.05, 0.1) is 23.4 Å². The topological polar surface area (TPSA) is 124 Å². The number of carbonyl (C=O) groups is 4. The van der Waals surface area contributed by atoms with Gasteiger partial charge in [0.15, 0.2) is 21.2 Å². The second-order valence-electron chi connectivity index (χ2n) is 11.4. The van der Waals surface area contributed by atoms with Crippen molar-refractivity contribution >= 4 is 78.7 Å². The maximum Gasteiger partial charge on any atom is 0.253 e. The number of alkyl halides is 2. The van der Waals surface area contributed by atoms with Crippen molar-refractivity contribution in [3.05, 3.63) is 62.1 Å². The number of imide groups is 2. The lowest BCUT2D eigenvalue weighted by molar-refractivity contribution is -0.141. The normalized spacial score (nSPS) is 31.6. The first-order valence-electron chi connectivity index (χ1n) is 13.6. The first-order chi connectivity index (χ1) is 20.3. The number of ether oxygens (including phenoxy) is 1. The maximum absolute atomic E-state index is 14.0. The number of phenolic OH excluding ortho intramolecular Hbond substituents is 2. The van der Waals surface area contributed by atoms with Crippen LogP contribution in [-0.4, -0.2) is 74.1 Å². The van der Waals surface area contributed by atoms with Crippen LogP contribution in [0.4, 0.5) is 0 Å². The second-order valence-corrected chi connectivity index (χ2v) is 14.2. The lowest BCUT2D eigenvalue weighted by atomic mass is 9.56. The highest BCUT2D eigenvalue weighted by atomic mass is 79.9. The average Bonchev–Trinajstić information content (AvgIpc) is 3.30. The van der Waals surface area contributed by atoms with Gasteiger partial charge in [-0.2, -0.15) is 0 Å². The number of methoxy groups -OCH3 is 1. The van der Waals surface area contributed by atoms with Crippen molar-refractivity contribution in [2.75, 3.05) is 20.7 Å². The number of aromatic hydroxyl groups is 2. The summed E-state index contributed by atoms with van der Waals surface area (Å²) in [5, 5.41) is 20.2. The Bertz CT molecular complexity index is 1630. The van der Waals surface area contributed by atoms with Gasteiger partial charge in [0.25, 0.3) is 11.8 Å².